The standard InChI is InChI=1S/C14H22N2O2/c1-11-6-7-13(16-12(2)18)14(10-11)15-8-4-3-5-9-17/h6-7,10,15,17H,3-5,8-9H2,1-2H3,(H,16,18). The molecule has 1 aromatic carbocycles. The van der Waals surface area contributed by atoms with Gasteiger partial charge < -0.3 is 15.7 Å². The normalized spacial score (nSPS) is 10.2. The van der Waals surface area contributed by atoms with Crippen molar-refractivity contribution < 1.29 is 9.90 Å². The van der Waals surface area contributed by atoms with Gasteiger partial charge in [0, 0.05) is 20.1 Å². The highest BCUT2D eigenvalue weighted by Crippen LogP contribution is 2.23. The summed E-state index contributed by atoms with van der Waals surface area (Å²) in [4.78, 5) is 11.1. The number of carbonyl (C=O) groups is 1. The van der Waals surface area contributed by atoms with Gasteiger partial charge >= 0.3 is 0 Å². The molecule has 3 N–H and O–H groups in total. The highest BCUT2D eigenvalue weighted by molar-refractivity contribution is 5.92. The van der Waals surface area contributed by atoms with Gasteiger partial charge in [0.25, 0.3) is 0 Å². The minimum atomic E-state index is -0.0674. The molecule has 0 spiro atoms. The molecule has 0 bridgehead atoms. The lowest BCUT2D eigenvalue weighted by molar-refractivity contribution is -0.114. The van der Waals surface area contributed by atoms with Gasteiger partial charge in [0.2, 0.25) is 5.91 Å². The number of carbonyl (C=O) groups excluding carboxylic acids is 1. The van der Waals surface area contributed by atoms with Gasteiger partial charge in [0.15, 0.2) is 0 Å². The predicted octanol–water partition coefficient (Wildman–Crippen LogP) is 2.53. The molecule has 0 heterocycles. The summed E-state index contributed by atoms with van der Waals surface area (Å²) in [6.45, 7) is 4.62. The van der Waals surface area contributed by atoms with E-state index >= 15 is 0 Å². The van der Waals surface area contributed by atoms with E-state index < -0.39 is 0 Å². The molecule has 0 unspecified atom stereocenters. The van der Waals surface area contributed by atoms with Crippen LogP contribution in [0.1, 0.15) is 31.7 Å². The zero-order chi connectivity index (χ0) is 13.4. The molecule has 1 amide bonds. The maximum atomic E-state index is 11.1. The first kappa shape index (κ1) is 14.5. The number of hydrogen-bond acceptors (Lipinski definition) is 3. The Morgan fingerprint density at radius 3 is 2.67 bits per heavy atom. The molecule has 18 heavy (non-hydrogen) atoms. The largest absolute Gasteiger partial charge is 0.396 e. The van der Waals surface area contributed by atoms with Gasteiger partial charge in [-0.1, -0.05) is 6.07 Å². The third-order valence-electron chi connectivity index (χ3n) is 2.64. The molecule has 100 valence electrons. The van der Waals surface area contributed by atoms with Gasteiger partial charge in [-0.2, -0.15) is 0 Å². The van der Waals surface area contributed by atoms with E-state index in [9.17, 15) is 4.79 Å². The Morgan fingerprint density at radius 1 is 1.22 bits per heavy atom. The van der Waals surface area contributed by atoms with Gasteiger partial charge in [0.05, 0.1) is 11.4 Å². The van der Waals surface area contributed by atoms with Gasteiger partial charge in [-0.25, -0.2) is 0 Å². The number of rotatable bonds is 7. The first-order chi connectivity index (χ1) is 8.63. The molecular weight excluding hydrogens is 228 g/mol. The average molecular weight is 250 g/mol. The third-order valence-corrected chi connectivity index (χ3v) is 2.64. The first-order valence-electron chi connectivity index (χ1n) is 6.36. The first-order valence-corrected chi connectivity index (χ1v) is 6.36. The van der Waals surface area contributed by atoms with Crippen LogP contribution in [0.25, 0.3) is 0 Å². The lowest BCUT2D eigenvalue weighted by atomic mass is 10.1. The minimum absolute atomic E-state index is 0.0674. The van der Waals surface area contributed by atoms with Crippen molar-refractivity contribution in [2.24, 2.45) is 0 Å². The lowest BCUT2D eigenvalue weighted by Gasteiger charge is -2.13. The van der Waals surface area contributed by atoms with E-state index in [1.807, 2.05) is 25.1 Å². The van der Waals surface area contributed by atoms with Crippen molar-refractivity contribution in [2.45, 2.75) is 33.1 Å². The molecule has 0 aliphatic heterocycles. The fourth-order valence-corrected chi connectivity index (χ4v) is 1.74. The van der Waals surface area contributed by atoms with Crippen LogP contribution < -0.4 is 10.6 Å². The second-order valence-electron chi connectivity index (χ2n) is 4.44. The minimum Gasteiger partial charge on any atom is -0.396 e. The SMILES string of the molecule is CC(=O)Nc1ccc(C)cc1NCCCCCO. The molecule has 0 fully saturated rings. The average Bonchev–Trinajstić information content (AvgIpc) is 2.31. The fourth-order valence-electron chi connectivity index (χ4n) is 1.74. The summed E-state index contributed by atoms with van der Waals surface area (Å²) >= 11 is 0. The van der Waals surface area contributed by atoms with Crippen molar-refractivity contribution in [2.75, 3.05) is 23.8 Å². The molecular formula is C14H22N2O2. The van der Waals surface area contributed by atoms with Gasteiger partial charge in [0.1, 0.15) is 0 Å². The second-order valence-corrected chi connectivity index (χ2v) is 4.44. The summed E-state index contributed by atoms with van der Waals surface area (Å²) in [7, 11) is 0. The van der Waals surface area contributed by atoms with Crippen LogP contribution in [-0.4, -0.2) is 24.2 Å². The van der Waals surface area contributed by atoms with Gasteiger partial charge in [-0.05, 0) is 43.9 Å². The molecule has 1 aromatic rings. The highest BCUT2D eigenvalue weighted by Gasteiger charge is 2.03. The van der Waals surface area contributed by atoms with E-state index in [1.165, 1.54) is 6.92 Å². The summed E-state index contributed by atoms with van der Waals surface area (Å²) < 4.78 is 0. The Hall–Kier alpha value is -1.55. The van der Waals surface area contributed by atoms with Crippen LogP contribution in [0.15, 0.2) is 18.2 Å². The smallest absolute Gasteiger partial charge is 0.221 e. The van der Waals surface area contributed by atoms with E-state index in [1.54, 1.807) is 0 Å². The summed E-state index contributed by atoms with van der Waals surface area (Å²) in [5.74, 6) is -0.0674. The Bertz CT molecular complexity index is 391. The summed E-state index contributed by atoms with van der Waals surface area (Å²) in [5.41, 5.74) is 2.92. The number of aliphatic hydroxyl groups excluding tert-OH is 1. The van der Waals surface area contributed by atoms with Crippen LogP contribution in [0.3, 0.4) is 0 Å². The number of aryl methyl sites for hydroxylation is 1. The van der Waals surface area contributed by atoms with Crippen LogP contribution in [0.5, 0.6) is 0 Å². The highest BCUT2D eigenvalue weighted by atomic mass is 16.2. The number of unbranched alkanes of at least 4 members (excludes halogenated alkanes) is 2. The van der Waals surface area contributed by atoms with Crippen molar-refractivity contribution in [3.05, 3.63) is 23.8 Å². The van der Waals surface area contributed by atoms with Crippen molar-refractivity contribution in [1.29, 1.82) is 0 Å². The molecule has 0 aromatic heterocycles. The number of nitrogens with one attached hydrogen (secondary N) is 2. The number of benzene rings is 1. The zero-order valence-electron chi connectivity index (χ0n) is 11.1. The topological polar surface area (TPSA) is 61.4 Å². The molecule has 0 saturated heterocycles. The van der Waals surface area contributed by atoms with Crippen molar-refractivity contribution >= 4 is 17.3 Å². The van der Waals surface area contributed by atoms with Crippen molar-refractivity contribution in [3.8, 4) is 0 Å². The number of hydrogen-bond donors (Lipinski definition) is 3. The maximum absolute atomic E-state index is 11.1. The summed E-state index contributed by atoms with van der Waals surface area (Å²) in [5, 5.41) is 14.8. The summed E-state index contributed by atoms with van der Waals surface area (Å²) in [6.07, 6.45) is 2.85. The van der Waals surface area contributed by atoms with Crippen LogP contribution >= 0.6 is 0 Å². The van der Waals surface area contributed by atoms with Crippen molar-refractivity contribution in [3.63, 3.8) is 0 Å². The predicted molar refractivity (Wildman–Crippen MR) is 74.9 cm³/mol. The zero-order valence-corrected chi connectivity index (χ0v) is 11.1. The molecule has 0 aliphatic carbocycles. The Morgan fingerprint density at radius 2 is 2.00 bits per heavy atom. The molecule has 0 aliphatic rings. The van der Waals surface area contributed by atoms with E-state index in [0.29, 0.717) is 0 Å². The van der Waals surface area contributed by atoms with Gasteiger partial charge in [-0.3, -0.25) is 4.79 Å². The Kier molecular flexibility index (Phi) is 6.22. The van der Waals surface area contributed by atoms with Crippen LogP contribution in [0.4, 0.5) is 11.4 Å². The molecule has 0 saturated carbocycles. The molecule has 4 nitrogen and oxygen atoms in total. The van der Waals surface area contributed by atoms with Crippen molar-refractivity contribution in [1.82, 2.24) is 0 Å². The number of aliphatic hydroxyl groups is 1. The fraction of sp³-hybridized carbons (Fsp3) is 0.500. The monoisotopic (exact) mass is 250 g/mol. The second kappa shape index (κ2) is 7.71. The molecule has 4 heteroatoms. The lowest BCUT2D eigenvalue weighted by Crippen LogP contribution is -2.10. The summed E-state index contributed by atoms with van der Waals surface area (Å²) in [6, 6.07) is 5.91. The van der Waals surface area contributed by atoms with Crippen LogP contribution in [0.2, 0.25) is 0 Å². The molecule has 1 rings (SSSR count). The Balaban J connectivity index is 2.56. The van der Waals surface area contributed by atoms with E-state index in [0.717, 1.165) is 42.7 Å². The third kappa shape index (κ3) is 5.19. The maximum Gasteiger partial charge on any atom is 0.221 e. The molecule has 0 atom stereocenters. The van der Waals surface area contributed by atoms with E-state index in [4.69, 9.17) is 5.11 Å². The van der Waals surface area contributed by atoms with Gasteiger partial charge in [-0.15, -0.1) is 0 Å². The van der Waals surface area contributed by atoms with E-state index in [2.05, 4.69) is 10.6 Å². The van der Waals surface area contributed by atoms with Crippen LogP contribution in [0, 0.1) is 6.92 Å². The number of anilines is 2. The van der Waals surface area contributed by atoms with Crippen LogP contribution in [-0.2, 0) is 4.79 Å². The number of amides is 1. The molecule has 0 radical (unpaired) electrons. The van der Waals surface area contributed by atoms with E-state index in [-0.39, 0.29) is 12.5 Å². The Labute approximate surface area is 108 Å². The quantitative estimate of drug-likeness (QED) is 0.652.